The summed E-state index contributed by atoms with van der Waals surface area (Å²) >= 11 is 0. The number of piperidine rings is 1. The number of hydrogen-bond acceptors (Lipinski definition) is 7. The Kier molecular flexibility index (Phi) is 5.30. The monoisotopic (exact) mass is 419 g/mol. The highest BCUT2D eigenvalue weighted by molar-refractivity contribution is 7.89. The maximum absolute atomic E-state index is 13.1. The Bertz CT molecular complexity index is 1100. The van der Waals surface area contributed by atoms with Gasteiger partial charge in [0.05, 0.1) is 11.1 Å². The third-order valence-electron chi connectivity index (χ3n) is 5.09. The number of benzene rings is 1. The van der Waals surface area contributed by atoms with Crippen LogP contribution in [-0.2, 0) is 16.6 Å². The first-order valence-corrected chi connectivity index (χ1v) is 11.2. The molecule has 1 fully saturated rings. The number of nitrogens with zero attached hydrogens (tertiary/aromatic N) is 5. The van der Waals surface area contributed by atoms with Crippen LogP contribution in [0, 0.1) is 5.92 Å². The van der Waals surface area contributed by atoms with Crippen molar-refractivity contribution < 1.29 is 17.7 Å². The predicted octanol–water partition coefficient (Wildman–Crippen LogP) is 2.59. The molecule has 1 saturated heterocycles. The molecule has 10 heteroatoms. The van der Waals surface area contributed by atoms with E-state index in [4.69, 9.17) is 9.25 Å². The summed E-state index contributed by atoms with van der Waals surface area (Å²) in [6.07, 6.45) is 3.60. The van der Waals surface area contributed by atoms with E-state index in [9.17, 15) is 8.42 Å². The van der Waals surface area contributed by atoms with E-state index in [1.165, 1.54) is 4.85 Å². The molecule has 9 nitrogen and oxygen atoms in total. The molecular weight excluding hydrogens is 394 g/mol. The maximum atomic E-state index is 13.1. The number of hydrogen-bond donors (Lipinski definition) is 0. The lowest BCUT2D eigenvalue weighted by Gasteiger charge is -2.30. The summed E-state index contributed by atoms with van der Waals surface area (Å²) in [4.78, 5) is 11.3. The maximum Gasteiger partial charge on any atom is 0.243 e. The van der Waals surface area contributed by atoms with Gasteiger partial charge in [-0.2, -0.15) is 4.31 Å². The molecule has 0 radical (unpaired) electrons. The van der Waals surface area contributed by atoms with Gasteiger partial charge < -0.3 is 9.25 Å². The van der Waals surface area contributed by atoms with Gasteiger partial charge in [-0.3, -0.25) is 0 Å². The van der Waals surface area contributed by atoms with Gasteiger partial charge in [-0.1, -0.05) is 25.6 Å². The van der Waals surface area contributed by atoms with E-state index in [0.717, 1.165) is 18.6 Å². The van der Waals surface area contributed by atoms with Crippen LogP contribution in [0.3, 0.4) is 0 Å². The Morgan fingerprint density at radius 1 is 1.34 bits per heavy atom. The van der Waals surface area contributed by atoms with Crippen molar-refractivity contribution in [2.24, 2.45) is 5.92 Å². The van der Waals surface area contributed by atoms with Crippen molar-refractivity contribution in [3.05, 3.63) is 36.0 Å². The zero-order chi connectivity index (χ0) is 20.6. The highest BCUT2D eigenvalue weighted by atomic mass is 32.2. The fraction of sp³-hybridized carbons (Fsp3) is 0.526. The SMILES string of the molecule is CC1CCCN(S(=O)(=O)c2ccc3nnn(OCc4ncc(C(C)C)o4)c3c2)C1. The molecule has 3 heterocycles. The van der Waals surface area contributed by atoms with Gasteiger partial charge >= 0.3 is 0 Å². The van der Waals surface area contributed by atoms with Crippen LogP contribution >= 0.6 is 0 Å². The molecule has 1 aliphatic rings. The van der Waals surface area contributed by atoms with E-state index in [2.05, 4.69) is 22.2 Å². The van der Waals surface area contributed by atoms with Gasteiger partial charge in [0.15, 0.2) is 6.61 Å². The summed E-state index contributed by atoms with van der Waals surface area (Å²) in [6.45, 7) is 7.25. The Morgan fingerprint density at radius 2 is 2.17 bits per heavy atom. The van der Waals surface area contributed by atoms with Gasteiger partial charge in [0.2, 0.25) is 15.9 Å². The second-order valence-corrected chi connectivity index (χ2v) is 9.75. The molecule has 0 spiro atoms. The van der Waals surface area contributed by atoms with Gasteiger partial charge in [-0.25, -0.2) is 13.4 Å². The molecular formula is C19H25N5O4S. The van der Waals surface area contributed by atoms with Crippen LogP contribution in [0.1, 0.15) is 51.2 Å². The smallest absolute Gasteiger partial charge is 0.243 e. The molecule has 0 amide bonds. The van der Waals surface area contributed by atoms with E-state index in [1.54, 1.807) is 28.7 Å². The average molecular weight is 420 g/mol. The summed E-state index contributed by atoms with van der Waals surface area (Å²) in [5.74, 6) is 1.78. The quantitative estimate of drug-likeness (QED) is 0.605. The Balaban J connectivity index is 1.57. The molecule has 4 rings (SSSR count). The third kappa shape index (κ3) is 3.99. The fourth-order valence-corrected chi connectivity index (χ4v) is 5.04. The Morgan fingerprint density at radius 3 is 2.90 bits per heavy atom. The number of oxazole rings is 1. The van der Waals surface area contributed by atoms with Gasteiger partial charge in [0, 0.05) is 19.0 Å². The largest absolute Gasteiger partial charge is 0.442 e. The second-order valence-electron chi connectivity index (χ2n) is 7.81. The highest BCUT2D eigenvalue weighted by Gasteiger charge is 2.29. The van der Waals surface area contributed by atoms with Crippen molar-refractivity contribution in [3.8, 4) is 0 Å². The van der Waals surface area contributed by atoms with E-state index < -0.39 is 10.0 Å². The number of sulfonamides is 1. The minimum atomic E-state index is -3.58. The minimum absolute atomic E-state index is 0.0613. The molecule has 1 atom stereocenters. The third-order valence-corrected chi connectivity index (χ3v) is 6.96. The second kappa shape index (κ2) is 7.75. The minimum Gasteiger partial charge on any atom is -0.442 e. The Hall–Kier alpha value is -2.46. The first kappa shape index (κ1) is 19.8. The van der Waals surface area contributed by atoms with Crippen LogP contribution in [0.4, 0.5) is 0 Å². The number of aromatic nitrogens is 4. The summed E-state index contributed by atoms with van der Waals surface area (Å²) < 4.78 is 33.3. The topological polar surface area (TPSA) is 103 Å². The standard InChI is InChI=1S/C19H25N5O4S/c1-13(2)18-10-20-19(28-18)12-27-24-17-9-15(6-7-16(17)21-22-24)29(25,26)23-8-4-5-14(3)11-23/h6-7,9-10,13-14H,4-5,8,11-12H2,1-3H3. The van der Waals surface area contributed by atoms with Gasteiger partial charge in [-0.15, -0.1) is 5.10 Å². The number of fused-ring (bicyclic) bond motifs is 1. The van der Waals surface area contributed by atoms with Crippen molar-refractivity contribution in [1.29, 1.82) is 0 Å². The molecule has 1 unspecified atom stereocenters. The van der Waals surface area contributed by atoms with Crippen molar-refractivity contribution in [2.45, 2.75) is 51.0 Å². The molecule has 0 N–H and O–H groups in total. The lowest BCUT2D eigenvalue weighted by Crippen LogP contribution is -2.39. The summed E-state index contributed by atoms with van der Waals surface area (Å²) in [6, 6.07) is 4.77. The summed E-state index contributed by atoms with van der Waals surface area (Å²) in [5.41, 5.74) is 1.03. The summed E-state index contributed by atoms with van der Waals surface area (Å²) in [7, 11) is -3.58. The van der Waals surface area contributed by atoms with Crippen LogP contribution < -0.4 is 4.84 Å². The average Bonchev–Trinajstić information content (AvgIpc) is 3.33. The van der Waals surface area contributed by atoms with Crippen LogP contribution in [0.5, 0.6) is 0 Å². The molecule has 0 saturated carbocycles. The first-order chi connectivity index (χ1) is 13.8. The summed E-state index contributed by atoms with van der Waals surface area (Å²) in [5, 5.41) is 8.01. The Labute approximate surface area is 169 Å². The van der Waals surface area contributed by atoms with Gasteiger partial charge in [0.25, 0.3) is 0 Å². The molecule has 1 aliphatic heterocycles. The van der Waals surface area contributed by atoms with Crippen LogP contribution in [0.15, 0.2) is 33.7 Å². The lowest BCUT2D eigenvalue weighted by atomic mass is 10.0. The molecule has 0 aliphatic carbocycles. The van der Waals surface area contributed by atoms with Crippen molar-refractivity contribution in [3.63, 3.8) is 0 Å². The van der Waals surface area contributed by atoms with E-state index in [-0.39, 0.29) is 17.4 Å². The molecule has 0 bridgehead atoms. The van der Waals surface area contributed by atoms with Crippen molar-refractivity contribution in [2.75, 3.05) is 13.1 Å². The fourth-order valence-electron chi connectivity index (χ4n) is 3.42. The van der Waals surface area contributed by atoms with E-state index in [0.29, 0.717) is 35.9 Å². The van der Waals surface area contributed by atoms with Crippen LogP contribution in [0.25, 0.3) is 11.0 Å². The van der Waals surface area contributed by atoms with Crippen LogP contribution in [-0.4, -0.2) is 46.0 Å². The molecule has 2 aromatic heterocycles. The lowest BCUT2D eigenvalue weighted by molar-refractivity contribution is 0.0607. The van der Waals surface area contributed by atoms with E-state index >= 15 is 0 Å². The molecule has 156 valence electrons. The van der Waals surface area contributed by atoms with Gasteiger partial charge in [0.1, 0.15) is 16.8 Å². The van der Waals surface area contributed by atoms with E-state index in [1.807, 2.05) is 13.8 Å². The molecule has 3 aromatic rings. The normalized spacial score (nSPS) is 18.6. The van der Waals surface area contributed by atoms with Crippen molar-refractivity contribution >= 4 is 21.1 Å². The molecule has 1 aromatic carbocycles. The zero-order valence-electron chi connectivity index (χ0n) is 16.8. The van der Waals surface area contributed by atoms with Crippen LogP contribution in [0.2, 0.25) is 0 Å². The molecule has 29 heavy (non-hydrogen) atoms. The number of rotatable bonds is 6. The first-order valence-electron chi connectivity index (χ1n) is 9.78. The predicted molar refractivity (Wildman–Crippen MR) is 106 cm³/mol. The van der Waals surface area contributed by atoms with Crippen molar-refractivity contribution in [1.82, 2.24) is 24.4 Å². The zero-order valence-corrected chi connectivity index (χ0v) is 17.6. The highest BCUT2D eigenvalue weighted by Crippen LogP contribution is 2.25. The van der Waals surface area contributed by atoms with Gasteiger partial charge in [-0.05, 0) is 42.2 Å².